The zero-order valence-electron chi connectivity index (χ0n) is 26.5. The van der Waals surface area contributed by atoms with Crippen LogP contribution in [-0.2, 0) is 17.8 Å². The Kier molecular flexibility index (Phi) is 7.41. The minimum absolute atomic E-state index is 0.0328. The van der Waals surface area contributed by atoms with Crippen LogP contribution >= 0.6 is 0 Å². The van der Waals surface area contributed by atoms with Crippen molar-refractivity contribution in [1.82, 2.24) is 39.4 Å². The number of benzene rings is 1. The molecule has 1 amide bonds. The number of nitrogens with zero attached hydrogens (tertiary/aromatic N) is 9. The highest BCUT2D eigenvalue weighted by atomic mass is 19.1. The Morgan fingerprint density at radius 3 is 2.64 bits per heavy atom. The van der Waals surface area contributed by atoms with E-state index in [2.05, 4.69) is 26.9 Å². The molecule has 1 aromatic carbocycles. The first-order valence-electron chi connectivity index (χ1n) is 15.5. The fraction of sp³-hybridized carbons (Fsp3) is 0.324. The SMILES string of the molecule is C=CC(=O)N1CC(C)N(c2nc(=O)n3c4nc(c(F)cc24)-c2c(F)cccc2Cn2cc(nn2)Cc2ccnc(C(C)C)c2-3)CC1C. The highest BCUT2D eigenvalue weighted by molar-refractivity contribution is 5.91. The van der Waals surface area contributed by atoms with Crippen molar-refractivity contribution in [2.75, 3.05) is 18.0 Å². The summed E-state index contributed by atoms with van der Waals surface area (Å²) in [7, 11) is 0. The number of halogens is 2. The second-order valence-corrected chi connectivity index (χ2v) is 12.5. The van der Waals surface area contributed by atoms with Crippen molar-refractivity contribution in [2.24, 2.45) is 0 Å². The summed E-state index contributed by atoms with van der Waals surface area (Å²) >= 11 is 0. The van der Waals surface area contributed by atoms with Gasteiger partial charge in [0.15, 0.2) is 5.65 Å². The number of carbonyl (C=O) groups excluding carboxylic acids is 1. The first-order valence-corrected chi connectivity index (χ1v) is 15.5. The van der Waals surface area contributed by atoms with Crippen LogP contribution in [0, 0.1) is 11.6 Å². The average Bonchev–Trinajstić information content (AvgIpc) is 3.48. The van der Waals surface area contributed by atoms with Gasteiger partial charge in [-0.1, -0.05) is 37.8 Å². The first kappa shape index (κ1) is 30.3. The standard InChI is InChI=1S/C34H33F2N9O2/c1-6-27(46)43-14-20(5)44(15-19(43)4)32-24-13-26(36)30-28-22(8-7-9-25(28)35)16-42-17-23(40-41-42)12-21-10-11-37-29(18(2)3)31(21)45(33(24)38-30)34(47)39-32/h6-11,13,17-20H,1,12,14-16H2,2-5H3. The molecule has 47 heavy (non-hydrogen) atoms. The molecular formula is C34H33F2N9O2. The molecule has 0 radical (unpaired) electrons. The number of anilines is 1. The maximum atomic E-state index is 16.4. The van der Waals surface area contributed by atoms with Crippen molar-refractivity contribution in [3.63, 3.8) is 0 Å². The van der Waals surface area contributed by atoms with Gasteiger partial charge in [-0.3, -0.25) is 9.78 Å². The van der Waals surface area contributed by atoms with Gasteiger partial charge in [-0.05, 0) is 55.2 Å². The van der Waals surface area contributed by atoms with E-state index in [9.17, 15) is 9.59 Å². The van der Waals surface area contributed by atoms with Crippen LogP contribution in [-0.4, -0.2) is 70.5 Å². The molecule has 0 N–H and O–H groups in total. The van der Waals surface area contributed by atoms with Gasteiger partial charge in [-0.25, -0.2) is 27.8 Å². The summed E-state index contributed by atoms with van der Waals surface area (Å²) in [6.45, 7) is 12.2. The van der Waals surface area contributed by atoms with E-state index in [1.165, 1.54) is 22.8 Å². The number of hydrogen-bond acceptors (Lipinski definition) is 8. The summed E-state index contributed by atoms with van der Waals surface area (Å²) in [6.07, 6.45) is 5.03. The van der Waals surface area contributed by atoms with Gasteiger partial charge in [0.2, 0.25) is 5.91 Å². The molecular weight excluding hydrogens is 604 g/mol. The largest absolute Gasteiger partial charge is 0.355 e. The van der Waals surface area contributed by atoms with Crippen LogP contribution in [0.25, 0.3) is 28.0 Å². The van der Waals surface area contributed by atoms with E-state index in [0.717, 1.165) is 5.56 Å². The van der Waals surface area contributed by atoms with Gasteiger partial charge >= 0.3 is 5.69 Å². The maximum absolute atomic E-state index is 16.4. The number of rotatable bonds is 3. The minimum Gasteiger partial charge on any atom is -0.349 e. The van der Waals surface area contributed by atoms with E-state index in [4.69, 9.17) is 4.98 Å². The quantitative estimate of drug-likeness (QED) is 0.263. The minimum atomic E-state index is -0.775. The van der Waals surface area contributed by atoms with Crippen molar-refractivity contribution < 1.29 is 13.6 Å². The van der Waals surface area contributed by atoms with Crippen LogP contribution in [0.5, 0.6) is 0 Å². The lowest BCUT2D eigenvalue weighted by atomic mass is 10.0. The van der Waals surface area contributed by atoms with Crippen LogP contribution in [0.3, 0.4) is 0 Å². The predicted octanol–water partition coefficient (Wildman–Crippen LogP) is 4.40. The van der Waals surface area contributed by atoms with E-state index < -0.39 is 17.3 Å². The molecule has 4 bridgehead atoms. The van der Waals surface area contributed by atoms with Crippen LogP contribution in [0.2, 0.25) is 0 Å². The van der Waals surface area contributed by atoms with Gasteiger partial charge in [0.25, 0.3) is 0 Å². The topological polar surface area (TPSA) is 115 Å². The molecule has 1 saturated heterocycles. The number of hydrogen-bond donors (Lipinski definition) is 0. The lowest BCUT2D eigenvalue weighted by Crippen LogP contribution is -2.58. The van der Waals surface area contributed by atoms with Crippen molar-refractivity contribution in [3.8, 4) is 16.9 Å². The molecule has 240 valence electrons. The van der Waals surface area contributed by atoms with E-state index in [1.807, 2.05) is 38.7 Å². The van der Waals surface area contributed by atoms with E-state index in [-0.39, 0.29) is 58.6 Å². The van der Waals surface area contributed by atoms with E-state index in [0.29, 0.717) is 42.1 Å². The second-order valence-electron chi connectivity index (χ2n) is 12.5. The molecule has 0 saturated carbocycles. The summed E-state index contributed by atoms with van der Waals surface area (Å²) in [6, 6.07) is 7.06. The fourth-order valence-corrected chi connectivity index (χ4v) is 6.72. The van der Waals surface area contributed by atoms with Crippen LogP contribution in [0.4, 0.5) is 14.6 Å². The monoisotopic (exact) mass is 637 g/mol. The molecule has 11 nitrogen and oxygen atoms in total. The predicted molar refractivity (Wildman–Crippen MR) is 172 cm³/mol. The van der Waals surface area contributed by atoms with Gasteiger partial charge in [-0.15, -0.1) is 5.10 Å². The average molecular weight is 638 g/mol. The Balaban J connectivity index is 1.57. The molecule has 2 unspecified atom stereocenters. The van der Waals surface area contributed by atoms with E-state index >= 15 is 8.78 Å². The smallest absolute Gasteiger partial charge is 0.349 e. The molecule has 2 aliphatic rings. The fourth-order valence-electron chi connectivity index (χ4n) is 6.72. The summed E-state index contributed by atoms with van der Waals surface area (Å²) in [5, 5.41) is 8.87. The Morgan fingerprint density at radius 1 is 1.06 bits per heavy atom. The third kappa shape index (κ3) is 5.06. The van der Waals surface area contributed by atoms with Gasteiger partial charge < -0.3 is 9.80 Å². The molecule has 1 fully saturated rings. The number of fused-ring (bicyclic) bond motifs is 7. The van der Waals surface area contributed by atoms with Gasteiger partial charge in [-0.2, -0.15) is 4.98 Å². The molecule has 0 aliphatic carbocycles. The number of pyridine rings is 2. The van der Waals surface area contributed by atoms with Crippen molar-refractivity contribution in [3.05, 3.63) is 100 Å². The molecule has 2 atom stereocenters. The summed E-state index contributed by atoms with van der Waals surface area (Å²) < 4.78 is 35.1. The van der Waals surface area contributed by atoms with Crippen LogP contribution in [0.1, 0.15) is 56.1 Å². The first-order chi connectivity index (χ1) is 22.5. The number of amides is 1. The molecule has 5 aromatic rings. The Hall–Kier alpha value is -5.33. The lowest BCUT2D eigenvalue weighted by Gasteiger charge is -2.44. The third-order valence-electron chi connectivity index (χ3n) is 8.95. The number of carbonyl (C=O) groups is 1. The third-order valence-corrected chi connectivity index (χ3v) is 8.95. The van der Waals surface area contributed by atoms with E-state index in [1.54, 1.807) is 34.1 Å². The number of piperazine rings is 1. The van der Waals surface area contributed by atoms with Gasteiger partial charge in [0, 0.05) is 49.6 Å². The molecule has 0 spiro atoms. The highest BCUT2D eigenvalue weighted by Gasteiger charge is 2.34. The van der Waals surface area contributed by atoms with Gasteiger partial charge in [0.1, 0.15) is 23.1 Å². The molecule has 7 rings (SSSR count). The lowest BCUT2D eigenvalue weighted by molar-refractivity contribution is -0.128. The van der Waals surface area contributed by atoms with Gasteiger partial charge in [0.05, 0.1) is 29.0 Å². The maximum Gasteiger partial charge on any atom is 0.355 e. The normalized spacial score (nSPS) is 17.6. The van der Waals surface area contributed by atoms with Crippen LogP contribution < -0.4 is 10.6 Å². The molecule has 6 heterocycles. The van der Waals surface area contributed by atoms with Crippen molar-refractivity contribution >= 4 is 22.8 Å². The highest BCUT2D eigenvalue weighted by Crippen LogP contribution is 2.36. The summed E-state index contributed by atoms with van der Waals surface area (Å²) in [4.78, 5) is 44.6. The summed E-state index contributed by atoms with van der Waals surface area (Å²) in [5.41, 5.74) is 2.07. The van der Waals surface area contributed by atoms with Crippen LogP contribution in [0.15, 0.2) is 60.2 Å². The zero-order chi connectivity index (χ0) is 33.1. The summed E-state index contributed by atoms with van der Waals surface area (Å²) in [5.74, 6) is -1.52. The second kappa shape index (κ2) is 11.5. The molecule has 4 aromatic heterocycles. The number of aromatic nitrogens is 7. The Labute approximate surface area is 269 Å². The Bertz CT molecular complexity index is 2140. The van der Waals surface area contributed by atoms with Crippen molar-refractivity contribution in [2.45, 2.75) is 58.7 Å². The van der Waals surface area contributed by atoms with Crippen molar-refractivity contribution in [1.29, 1.82) is 0 Å². The zero-order valence-corrected chi connectivity index (χ0v) is 26.5. The molecule has 2 aliphatic heterocycles. The Morgan fingerprint density at radius 2 is 1.87 bits per heavy atom. The molecule has 13 heteroatoms.